The smallest absolute Gasteiger partial charge is 0.180 e. The molecule has 1 aromatic heterocycles. The van der Waals surface area contributed by atoms with E-state index in [0.29, 0.717) is 5.54 Å². The van der Waals surface area contributed by atoms with E-state index in [1.54, 1.807) is 11.3 Å². The maximum absolute atomic E-state index is 5.75. The van der Waals surface area contributed by atoms with Gasteiger partial charge in [0, 0.05) is 23.4 Å². The Balaban J connectivity index is 1.79. The van der Waals surface area contributed by atoms with Gasteiger partial charge in [0.15, 0.2) is 5.13 Å². The average Bonchev–Trinajstić information content (AvgIpc) is 2.69. The minimum Gasteiger partial charge on any atom is -0.375 e. The van der Waals surface area contributed by atoms with Crippen molar-refractivity contribution < 1.29 is 0 Å². The molecule has 2 unspecified atom stereocenters. The number of aryl methyl sites for hydroxylation is 1. The van der Waals surface area contributed by atoms with Gasteiger partial charge in [0.25, 0.3) is 0 Å². The number of aromatic nitrogens is 1. The number of hydrogen-bond acceptors (Lipinski definition) is 4. The lowest BCUT2D eigenvalue weighted by Gasteiger charge is -2.21. The maximum Gasteiger partial charge on any atom is 0.180 e. The quantitative estimate of drug-likeness (QED) is 0.776. The lowest BCUT2D eigenvalue weighted by atomic mass is 9.90. The number of nitrogens with zero attached hydrogens (tertiary/aromatic N) is 2. The monoisotopic (exact) mass is 223 g/mol. The Morgan fingerprint density at radius 1 is 1.60 bits per heavy atom. The van der Waals surface area contributed by atoms with Gasteiger partial charge in [-0.3, -0.25) is 4.90 Å². The molecule has 4 heteroatoms. The highest BCUT2D eigenvalue weighted by atomic mass is 32.1. The van der Waals surface area contributed by atoms with Gasteiger partial charge in [-0.1, -0.05) is 6.92 Å². The van der Waals surface area contributed by atoms with E-state index >= 15 is 0 Å². The summed E-state index contributed by atoms with van der Waals surface area (Å²) in [5.74, 6) is 0. The van der Waals surface area contributed by atoms with Crippen LogP contribution in [0.1, 0.15) is 30.3 Å². The van der Waals surface area contributed by atoms with Crippen molar-refractivity contribution in [3.8, 4) is 0 Å². The van der Waals surface area contributed by atoms with E-state index in [4.69, 9.17) is 5.73 Å². The molecule has 0 aromatic carbocycles. The molecular formula is C11H17N3S. The molecule has 1 fully saturated rings. The predicted molar refractivity (Wildman–Crippen MR) is 63.1 cm³/mol. The third kappa shape index (κ3) is 1.47. The van der Waals surface area contributed by atoms with Gasteiger partial charge in [0.2, 0.25) is 0 Å². The molecule has 15 heavy (non-hydrogen) atoms. The summed E-state index contributed by atoms with van der Waals surface area (Å²) in [6.45, 7) is 4.80. The summed E-state index contributed by atoms with van der Waals surface area (Å²) < 4.78 is 0. The third-order valence-electron chi connectivity index (χ3n) is 3.66. The summed E-state index contributed by atoms with van der Waals surface area (Å²) in [5.41, 5.74) is 7.53. The first kappa shape index (κ1) is 9.60. The van der Waals surface area contributed by atoms with Crippen LogP contribution in [0.2, 0.25) is 0 Å². The van der Waals surface area contributed by atoms with E-state index in [0.717, 1.165) is 11.6 Å². The molecule has 2 aliphatic rings. The number of fused-ring (bicyclic) bond motifs is 1. The highest BCUT2D eigenvalue weighted by Gasteiger charge is 2.52. The third-order valence-corrected chi connectivity index (χ3v) is 4.58. The van der Waals surface area contributed by atoms with Gasteiger partial charge in [-0.05, 0) is 25.8 Å². The highest BCUT2D eigenvalue weighted by Crippen LogP contribution is 2.45. The molecule has 1 aliphatic heterocycles. The van der Waals surface area contributed by atoms with Crippen LogP contribution in [0.15, 0.2) is 0 Å². The van der Waals surface area contributed by atoms with Gasteiger partial charge in [-0.25, -0.2) is 4.98 Å². The minimum atomic E-state index is 0.502. The molecule has 3 nitrogen and oxygen atoms in total. The molecule has 82 valence electrons. The molecule has 1 aromatic rings. The van der Waals surface area contributed by atoms with Crippen molar-refractivity contribution in [3.05, 3.63) is 10.6 Å². The summed E-state index contributed by atoms with van der Waals surface area (Å²) in [6.07, 6.45) is 4.86. The van der Waals surface area contributed by atoms with Crippen LogP contribution < -0.4 is 5.73 Å². The van der Waals surface area contributed by atoms with Crippen molar-refractivity contribution >= 4 is 16.5 Å². The molecule has 2 atom stereocenters. The van der Waals surface area contributed by atoms with Gasteiger partial charge in [0.05, 0.1) is 5.69 Å². The number of rotatable bonds is 2. The molecule has 3 rings (SSSR count). The van der Waals surface area contributed by atoms with E-state index in [1.165, 1.54) is 42.9 Å². The fraction of sp³-hybridized carbons (Fsp3) is 0.727. The summed E-state index contributed by atoms with van der Waals surface area (Å²) >= 11 is 1.69. The molecular weight excluding hydrogens is 206 g/mol. The molecule has 1 saturated heterocycles. The standard InChI is InChI=1S/C11H17N3S/c1-2-5-14-7-11(14)4-3-8-9(6-11)15-10(12)13-8/h2-7H2,1H3,(H2,12,13). The van der Waals surface area contributed by atoms with Crippen LogP contribution in [0.25, 0.3) is 0 Å². The lowest BCUT2D eigenvalue weighted by Crippen LogP contribution is -2.27. The predicted octanol–water partition coefficient (Wildman–Crippen LogP) is 1.68. The van der Waals surface area contributed by atoms with Crippen molar-refractivity contribution in [1.29, 1.82) is 0 Å². The Morgan fingerprint density at radius 2 is 2.47 bits per heavy atom. The van der Waals surface area contributed by atoms with Crippen LogP contribution in [0.4, 0.5) is 5.13 Å². The van der Waals surface area contributed by atoms with Gasteiger partial charge in [-0.15, -0.1) is 11.3 Å². The second-order valence-corrected chi connectivity index (χ2v) is 5.86. The zero-order chi connectivity index (χ0) is 10.5. The van der Waals surface area contributed by atoms with Crippen LogP contribution in [0, 0.1) is 0 Å². The fourth-order valence-electron chi connectivity index (χ4n) is 2.79. The van der Waals surface area contributed by atoms with E-state index in [-0.39, 0.29) is 0 Å². The number of thiazole rings is 1. The second kappa shape index (κ2) is 3.19. The minimum absolute atomic E-state index is 0.502. The molecule has 0 radical (unpaired) electrons. The summed E-state index contributed by atoms with van der Waals surface area (Å²) in [5, 5.41) is 0.750. The number of nitrogens with two attached hydrogens (primary N) is 1. The Hall–Kier alpha value is -0.610. The molecule has 0 bridgehead atoms. The van der Waals surface area contributed by atoms with Crippen molar-refractivity contribution in [3.63, 3.8) is 0 Å². The van der Waals surface area contributed by atoms with Crippen molar-refractivity contribution in [2.45, 2.75) is 38.1 Å². The van der Waals surface area contributed by atoms with Crippen LogP contribution in [-0.2, 0) is 12.8 Å². The Bertz CT molecular complexity index is 387. The number of hydrogen-bond donors (Lipinski definition) is 1. The maximum atomic E-state index is 5.75. The van der Waals surface area contributed by atoms with Crippen molar-refractivity contribution in [2.75, 3.05) is 18.8 Å². The second-order valence-electron chi connectivity index (χ2n) is 4.74. The molecule has 0 amide bonds. The van der Waals surface area contributed by atoms with Crippen LogP contribution in [-0.4, -0.2) is 28.5 Å². The van der Waals surface area contributed by atoms with Crippen molar-refractivity contribution in [1.82, 2.24) is 9.88 Å². The first-order valence-electron chi connectivity index (χ1n) is 5.73. The number of nitrogen functional groups attached to an aromatic ring is 1. The molecule has 1 spiro atoms. The Labute approximate surface area is 94.3 Å². The van der Waals surface area contributed by atoms with Crippen LogP contribution in [0.3, 0.4) is 0 Å². The van der Waals surface area contributed by atoms with E-state index < -0.39 is 0 Å². The topological polar surface area (TPSA) is 41.9 Å². The van der Waals surface area contributed by atoms with Crippen LogP contribution in [0.5, 0.6) is 0 Å². The largest absolute Gasteiger partial charge is 0.375 e. The summed E-state index contributed by atoms with van der Waals surface area (Å²) in [6, 6.07) is 0. The zero-order valence-corrected chi connectivity index (χ0v) is 9.94. The molecule has 2 heterocycles. The first-order chi connectivity index (χ1) is 7.23. The lowest BCUT2D eigenvalue weighted by molar-refractivity contribution is 0.369. The Morgan fingerprint density at radius 3 is 3.27 bits per heavy atom. The van der Waals surface area contributed by atoms with E-state index in [2.05, 4.69) is 16.8 Å². The normalized spacial score (nSPS) is 33.0. The van der Waals surface area contributed by atoms with Gasteiger partial charge in [0.1, 0.15) is 0 Å². The van der Waals surface area contributed by atoms with Crippen molar-refractivity contribution in [2.24, 2.45) is 0 Å². The number of anilines is 1. The van der Waals surface area contributed by atoms with Gasteiger partial charge >= 0.3 is 0 Å². The summed E-state index contributed by atoms with van der Waals surface area (Å²) in [4.78, 5) is 8.45. The molecule has 1 aliphatic carbocycles. The highest BCUT2D eigenvalue weighted by molar-refractivity contribution is 7.15. The fourth-order valence-corrected chi connectivity index (χ4v) is 3.80. The van der Waals surface area contributed by atoms with E-state index in [9.17, 15) is 0 Å². The average molecular weight is 223 g/mol. The summed E-state index contributed by atoms with van der Waals surface area (Å²) in [7, 11) is 0. The Kier molecular flexibility index (Phi) is 2.04. The molecule has 2 N–H and O–H groups in total. The SMILES string of the molecule is CCCN1CC12CCc1nc(N)sc1C2. The first-order valence-corrected chi connectivity index (χ1v) is 6.54. The van der Waals surface area contributed by atoms with Gasteiger partial charge < -0.3 is 5.73 Å². The van der Waals surface area contributed by atoms with Crippen LogP contribution >= 0.6 is 11.3 Å². The van der Waals surface area contributed by atoms with E-state index in [1.807, 2.05) is 0 Å². The van der Waals surface area contributed by atoms with Gasteiger partial charge in [-0.2, -0.15) is 0 Å². The zero-order valence-electron chi connectivity index (χ0n) is 9.12. The molecule has 0 saturated carbocycles.